The summed E-state index contributed by atoms with van der Waals surface area (Å²) in [6, 6.07) is 57.8. The van der Waals surface area contributed by atoms with Crippen molar-refractivity contribution >= 4 is 75.4 Å². The van der Waals surface area contributed by atoms with Crippen molar-refractivity contribution in [3.05, 3.63) is 164 Å². The molecular formula is C46H27N3OS. The highest BCUT2D eigenvalue weighted by Gasteiger charge is 2.22. The summed E-state index contributed by atoms with van der Waals surface area (Å²) in [5, 5.41) is 5.79. The van der Waals surface area contributed by atoms with Gasteiger partial charge in [0.1, 0.15) is 16.8 Å². The number of hydrogen-bond donors (Lipinski definition) is 0. The predicted molar refractivity (Wildman–Crippen MR) is 213 cm³/mol. The third kappa shape index (κ3) is 4.32. The number of rotatable bonds is 4. The molecule has 0 unspecified atom stereocenters. The van der Waals surface area contributed by atoms with Gasteiger partial charge in [-0.2, -0.15) is 0 Å². The van der Waals surface area contributed by atoms with Gasteiger partial charge < -0.3 is 8.98 Å². The lowest BCUT2D eigenvalue weighted by Gasteiger charge is -2.09. The van der Waals surface area contributed by atoms with Gasteiger partial charge in [0, 0.05) is 53.1 Å². The number of thiophene rings is 1. The van der Waals surface area contributed by atoms with Crippen LogP contribution in [0.4, 0.5) is 0 Å². The summed E-state index contributed by atoms with van der Waals surface area (Å²) < 4.78 is 11.4. The Bertz CT molecular complexity index is 3140. The van der Waals surface area contributed by atoms with E-state index in [0.29, 0.717) is 11.4 Å². The number of nitrogens with zero attached hydrogens (tertiary/aromatic N) is 3. The van der Waals surface area contributed by atoms with E-state index in [9.17, 15) is 0 Å². The molecule has 0 radical (unpaired) electrons. The lowest BCUT2D eigenvalue weighted by atomic mass is 10.0. The van der Waals surface area contributed by atoms with Gasteiger partial charge in [0.05, 0.1) is 11.0 Å². The number of hydrogen-bond acceptors (Lipinski definition) is 4. The van der Waals surface area contributed by atoms with E-state index in [0.717, 1.165) is 55.4 Å². The predicted octanol–water partition coefficient (Wildman–Crippen LogP) is 12.8. The first kappa shape index (κ1) is 28.3. The SMILES string of the molecule is c1ccc(-c2ccc3c(c2)c2cc(-c4nc(-c5cccc6c5sc5ccccc56)c5oc6ccccc6c5n4)ccc2n3-c2ccccc2)cc1. The van der Waals surface area contributed by atoms with Crippen molar-refractivity contribution in [2.24, 2.45) is 0 Å². The van der Waals surface area contributed by atoms with Crippen molar-refractivity contribution in [2.75, 3.05) is 0 Å². The molecule has 4 aromatic heterocycles. The molecule has 4 nitrogen and oxygen atoms in total. The van der Waals surface area contributed by atoms with Gasteiger partial charge in [0.2, 0.25) is 0 Å². The first-order valence-corrected chi connectivity index (χ1v) is 17.9. The Balaban J connectivity index is 1.20. The van der Waals surface area contributed by atoms with Crippen LogP contribution in [0.5, 0.6) is 0 Å². The van der Waals surface area contributed by atoms with E-state index in [1.54, 1.807) is 11.3 Å². The van der Waals surface area contributed by atoms with Crippen molar-refractivity contribution < 1.29 is 4.42 Å². The number of benzene rings is 7. The van der Waals surface area contributed by atoms with E-state index in [4.69, 9.17) is 14.4 Å². The molecule has 0 saturated heterocycles. The minimum absolute atomic E-state index is 0.670. The van der Waals surface area contributed by atoms with Crippen LogP contribution in [0.25, 0.3) is 104 Å². The molecule has 0 aliphatic carbocycles. The summed E-state index contributed by atoms with van der Waals surface area (Å²) in [5.74, 6) is 0.670. The smallest absolute Gasteiger partial charge is 0.180 e. The zero-order valence-electron chi connectivity index (χ0n) is 27.2. The topological polar surface area (TPSA) is 43.9 Å². The van der Waals surface area contributed by atoms with Crippen LogP contribution in [-0.4, -0.2) is 14.5 Å². The molecule has 0 amide bonds. The van der Waals surface area contributed by atoms with Crippen molar-refractivity contribution in [1.29, 1.82) is 0 Å². The number of fused-ring (bicyclic) bond motifs is 9. The van der Waals surface area contributed by atoms with Crippen LogP contribution in [0.2, 0.25) is 0 Å². The van der Waals surface area contributed by atoms with Crippen LogP contribution in [0, 0.1) is 0 Å². The summed E-state index contributed by atoms with van der Waals surface area (Å²) in [4.78, 5) is 10.6. The van der Waals surface area contributed by atoms with Gasteiger partial charge >= 0.3 is 0 Å². The second kappa shape index (κ2) is 11.0. The zero-order valence-corrected chi connectivity index (χ0v) is 28.1. The molecule has 11 aromatic rings. The minimum Gasteiger partial charge on any atom is -0.452 e. The number of para-hydroxylation sites is 2. The molecule has 0 N–H and O–H groups in total. The molecule has 0 fully saturated rings. The molecule has 5 heteroatoms. The van der Waals surface area contributed by atoms with Gasteiger partial charge in [-0.3, -0.25) is 0 Å². The van der Waals surface area contributed by atoms with E-state index in [1.165, 1.54) is 36.7 Å². The van der Waals surface area contributed by atoms with E-state index in [1.807, 2.05) is 18.2 Å². The molecule has 0 atom stereocenters. The fourth-order valence-corrected chi connectivity index (χ4v) is 8.88. The van der Waals surface area contributed by atoms with Gasteiger partial charge in [-0.25, -0.2) is 9.97 Å². The van der Waals surface area contributed by atoms with E-state index in [-0.39, 0.29) is 0 Å². The summed E-state index contributed by atoms with van der Waals surface area (Å²) in [7, 11) is 0. The van der Waals surface area contributed by atoms with E-state index >= 15 is 0 Å². The van der Waals surface area contributed by atoms with Crippen molar-refractivity contribution in [3.63, 3.8) is 0 Å². The molecule has 0 saturated carbocycles. The molecule has 0 bridgehead atoms. The highest BCUT2D eigenvalue weighted by Crippen LogP contribution is 2.43. The van der Waals surface area contributed by atoms with Gasteiger partial charge in [-0.05, 0) is 71.8 Å². The fraction of sp³-hybridized carbons (Fsp3) is 0. The Kier molecular flexibility index (Phi) is 6.09. The average Bonchev–Trinajstić information content (AvgIpc) is 3.87. The van der Waals surface area contributed by atoms with Gasteiger partial charge in [0.15, 0.2) is 11.4 Å². The molecule has 4 heterocycles. The lowest BCUT2D eigenvalue weighted by molar-refractivity contribution is 0.667. The van der Waals surface area contributed by atoms with Crippen molar-refractivity contribution in [2.45, 2.75) is 0 Å². The lowest BCUT2D eigenvalue weighted by Crippen LogP contribution is -1.95. The maximum Gasteiger partial charge on any atom is 0.180 e. The summed E-state index contributed by atoms with van der Waals surface area (Å²) in [6.45, 7) is 0. The second-order valence-corrected chi connectivity index (χ2v) is 14.0. The van der Waals surface area contributed by atoms with Crippen LogP contribution in [-0.2, 0) is 0 Å². The zero-order chi connectivity index (χ0) is 33.5. The Morgan fingerprint density at radius 3 is 1.98 bits per heavy atom. The number of aromatic nitrogens is 3. The monoisotopic (exact) mass is 669 g/mol. The highest BCUT2D eigenvalue weighted by atomic mass is 32.1. The second-order valence-electron chi connectivity index (χ2n) is 13.0. The fourth-order valence-electron chi connectivity index (χ4n) is 7.66. The van der Waals surface area contributed by atoms with Gasteiger partial charge in [0.25, 0.3) is 0 Å². The van der Waals surface area contributed by atoms with Crippen LogP contribution in [0.1, 0.15) is 0 Å². The summed E-state index contributed by atoms with van der Waals surface area (Å²) >= 11 is 1.80. The minimum atomic E-state index is 0.670. The summed E-state index contributed by atoms with van der Waals surface area (Å²) in [6.07, 6.45) is 0. The van der Waals surface area contributed by atoms with Crippen LogP contribution in [0.3, 0.4) is 0 Å². The van der Waals surface area contributed by atoms with Crippen LogP contribution in [0.15, 0.2) is 168 Å². The standard InChI is InChI=1S/C46H27N3OS/c1-3-12-28(13-4-1)29-22-24-38-36(26-29)37-27-30(23-25-39(37)49(38)31-14-5-2-6-15-31)46-47-42-34-17-7-9-20-40(34)50-44(42)43(48-46)35-19-11-18-33-32-16-8-10-21-41(32)51-45(33)35/h1-27H. The normalized spacial score (nSPS) is 11.9. The Morgan fingerprint density at radius 2 is 1.16 bits per heavy atom. The third-order valence-electron chi connectivity index (χ3n) is 10.0. The van der Waals surface area contributed by atoms with E-state index in [2.05, 4.69) is 150 Å². The van der Waals surface area contributed by atoms with Crippen molar-refractivity contribution in [3.8, 4) is 39.5 Å². The van der Waals surface area contributed by atoms with E-state index < -0.39 is 0 Å². The average molecular weight is 670 g/mol. The Morgan fingerprint density at radius 1 is 0.490 bits per heavy atom. The molecule has 0 spiro atoms. The Labute approximate surface area is 296 Å². The number of furan rings is 1. The molecule has 51 heavy (non-hydrogen) atoms. The molecule has 0 aliphatic heterocycles. The molecular weight excluding hydrogens is 643 g/mol. The maximum atomic E-state index is 6.56. The first-order chi connectivity index (χ1) is 25.3. The van der Waals surface area contributed by atoms with Crippen LogP contribution >= 0.6 is 11.3 Å². The van der Waals surface area contributed by atoms with Gasteiger partial charge in [-0.1, -0.05) is 103 Å². The summed E-state index contributed by atoms with van der Waals surface area (Å²) in [5.41, 5.74) is 10.9. The Hall–Kier alpha value is -6.56. The molecule has 0 aliphatic rings. The molecule has 238 valence electrons. The third-order valence-corrected chi connectivity index (χ3v) is 11.2. The molecule has 11 rings (SSSR count). The molecule has 7 aromatic carbocycles. The van der Waals surface area contributed by atoms with Crippen molar-refractivity contribution in [1.82, 2.24) is 14.5 Å². The van der Waals surface area contributed by atoms with Crippen LogP contribution < -0.4 is 0 Å². The maximum absolute atomic E-state index is 6.56. The highest BCUT2D eigenvalue weighted by molar-refractivity contribution is 7.26. The largest absolute Gasteiger partial charge is 0.452 e. The first-order valence-electron chi connectivity index (χ1n) is 17.1. The quantitative estimate of drug-likeness (QED) is 0.187. The van der Waals surface area contributed by atoms with Gasteiger partial charge in [-0.15, -0.1) is 11.3 Å².